The lowest BCUT2D eigenvalue weighted by Crippen LogP contribution is -2.31. The molecule has 0 amide bonds. The third-order valence-electron chi connectivity index (χ3n) is 2.89. The molecule has 0 aliphatic carbocycles. The maximum Gasteiger partial charge on any atom is 0.256 e. The molecule has 1 heterocycles. The van der Waals surface area contributed by atoms with Crippen LogP contribution in [0.4, 0.5) is 0 Å². The van der Waals surface area contributed by atoms with Gasteiger partial charge in [0.1, 0.15) is 18.1 Å². The molecule has 0 aliphatic heterocycles. The van der Waals surface area contributed by atoms with E-state index in [4.69, 9.17) is 0 Å². The van der Waals surface area contributed by atoms with Crippen LogP contribution in [0.15, 0.2) is 54.9 Å². The fraction of sp³-hybridized carbons (Fsp3) is 0.0714. The van der Waals surface area contributed by atoms with Crippen molar-refractivity contribution < 1.29 is 4.57 Å². The minimum absolute atomic E-state index is 1.13. The SMILES string of the molecule is Cc1[nH]cc[n+]1-c1ccc2ccccc2c1. The molecule has 0 saturated heterocycles. The summed E-state index contributed by atoms with van der Waals surface area (Å²) in [5.74, 6) is 1.13. The second kappa shape index (κ2) is 3.49. The summed E-state index contributed by atoms with van der Waals surface area (Å²) in [7, 11) is 0. The van der Waals surface area contributed by atoms with Crippen LogP contribution in [0.5, 0.6) is 0 Å². The van der Waals surface area contributed by atoms with Crippen molar-refractivity contribution in [3.8, 4) is 5.69 Å². The maximum atomic E-state index is 3.18. The molecule has 16 heavy (non-hydrogen) atoms. The first-order valence-corrected chi connectivity index (χ1v) is 5.39. The molecule has 2 aromatic carbocycles. The zero-order valence-corrected chi connectivity index (χ0v) is 9.14. The van der Waals surface area contributed by atoms with Gasteiger partial charge in [-0.1, -0.05) is 30.3 Å². The predicted octanol–water partition coefficient (Wildman–Crippen LogP) is 2.75. The van der Waals surface area contributed by atoms with E-state index in [1.165, 1.54) is 16.5 Å². The maximum absolute atomic E-state index is 3.18. The number of hydrogen-bond donors (Lipinski definition) is 1. The first-order chi connectivity index (χ1) is 7.84. The summed E-state index contributed by atoms with van der Waals surface area (Å²) in [5, 5.41) is 2.55. The third-order valence-corrected chi connectivity index (χ3v) is 2.89. The van der Waals surface area contributed by atoms with Crippen molar-refractivity contribution in [2.24, 2.45) is 0 Å². The molecule has 0 fully saturated rings. The van der Waals surface area contributed by atoms with Gasteiger partial charge < -0.3 is 0 Å². The Morgan fingerprint density at radius 2 is 1.81 bits per heavy atom. The van der Waals surface area contributed by atoms with Crippen molar-refractivity contribution in [1.29, 1.82) is 0 Å². The molecule has 0 unspecified atom stereocenters. The third kappa shape index (κ3) is 1.39. The standard InChI is InChI=1S/C14H12N2/c1-11-15-8-9-16(11)14-7-6-12-4-2-3-5-13(12)10-14/h2-10H,1H3/p+1. The monoisotopic (exact) mass is 209 g/mol. The molecule has 0 spiro atoms. The summed E-state index contributed by atoms with van der Waals surface area (Å²) >= 11 is 0. The first-order valence-electron chi connectivity index (χ1n) is 5.39. The van der Waals surface area contributed by atoms with Gasteiger partial charge in [0.05, 0.1) is 0 Å². The molecule has 78 valence electrons. The summed E-state index contributed by atoms with van der Waals surface area (Å²) in [6.45, 7) is 2.06. The number of hydrogen-bond acceptors (Lipinski definition) is 0. The molecule has 0 saturated carbocycles. The highest BCUT2D eigenvalue weighted by atomic mass is 15.1. The lowest BCUT2D eigenvalue weighted by molar-refractivity contribution is -0.601. The molecule has 0 aliphatic rings. The van der Waals surface area contributed by atoms with E-state index in [0.29, 0.717) is 0 Å². The number of aromatic nitrogens is 2. The number of benzene rings is 2. The van der Waals surface area contributed by atoms with Crippen molar-refractivity contribution in [3.05, 3.63) is 60.7 Å². The Morgan fingerprint density at radius 3 is 2.56 bits per heavy atom. The van der Waals surface area contributed by atoms with Crippen LogP contribution in [0.25, 0.3) is 16.5 Å². The largest absolute Gasteiger partial charge is 0.256 e. The Bertz CT molecular complexity index is 638. The molecule has 1 N–H and O–H groups in total. The molecule has 0 atom stereocenters. The van der Waals surface area contributed by atoms with E-state index in [0.717, 1.165) is 5.82 Å². The van der Waals surface area contributed by atoms with Gasteiger partial charge in [-0.05, 0) is 22.9 Å². The number of nitrogens with zero attached hydrogens (tertiary/aromatic N) is 1. The summed E-state index contributed by atoms with van der Waals surface area (Å²) in [6, 6.07) is 14.9. The highest BCUT2D eigenvalue weighted by molar-refractivity contribution is 5.83. The van der Waals surface area contributed by atoms with Crippen LogP contribution in [-0.4, -0.2) is 4.98 Å². The summed E-state index contributed by atoms with van der Waals surface area (Å²) < 4.78 is 2.15. The minimum Gasteiger partial charge on any atom is -0.247 e. The average Bonchev–Trinajstić information content (AvgIpc) is 2.75. The quantitative estimate of drug-likeness (QED) is 0.595. The topological polar surface area (TPSA) is 19.7 Å². The smallest absolute Gasteiger partial charge is 0.247 e. The van der Waals surface area contributed by atoms with Gasteiger partial charge in [-0.25, -0.2) is 9.55 Å². The van der Waals surface area contributed by atoms with Crippen molar-refractivity contribution in [3.63, 3.8) is 0 Å². The van der Waals surface area contributed by atoms with Gasteiger partial charge in [0, 0.05) is 6.92 Å². The average molecular weight is 209 g/mol. The lowest BCUT2D eigenvalue weighted by Gasteiger charge is -2.00. The number of aryl methyl sites for hydroxylation is 1. The van der Waals surface area contributed by atoms with E-state index in [1.807, 2.05) is 12.4 Å². The van der Waals surface area contributed by atoms with Crippen LogP contribution >= 0.6 is 0 Å². The molecular weight excluding hydrogens is 196 g/mol. The molecule has 2 nitrogen and oxygen atoms in total. The Morgan fingerprint density at radius 1 is 1.00 bits per heavy atom. The number of H-pyrrole nitrogens is 1. The second-order valence-electron chi connectivity index (χ2n) is 3.95. The summed E-state index contributed by atoms with van der Waals surface area (Å²) in [6.07, 6.45) is 3.99. The summed E-state index contributed by atoms with van der Waals surface area (Å²) in [5.41, 5.74) is 1.19. The van der Waals surface area contributed by atoms with E-state index < -0.39 is 0 Å². The molecule has 0 radical (unpaired) electrons. The van der Waals surface area contributed by atoms with Gasteiger partial charge in [-0.3, -0.25) is 0 Å². The Kier molecular flexibility index (Phi) is 2.00. The van der Waals surface area contributed by atoms with Crippen LogP contribution in [0.1, 0.15) is 5.82 Å². The Hall–Kier alpha value is -2.09. The zero-order valence-electron chi connectivity index (χ0n) is 9.14. The van der Waals surface area contributed by atoms with Crippen LogP contribution in [0.2, 0.25) is 0 Å². The highest BCUT2D eigenvalue weighted by Gasteiger charge is 2.07. The van der Waals surface area contributed by atoms with Gasteiger partial charge in [0.15, 0.2) is 0 Å². The van der Waals surface area contributed by atoms with E-state index in [-0.39, 0.29) is 0 Å². The van der Waals surface area contributed by atoms with E-state index >= 15 is 0 Å². The van der Waals surface area contributed by atoms with Crippen molar-refractivity contribution in [1.82, 2.24) is 4.98 Å². The van der Waals surface area contributed by atoms with Crippen LogP contribution in [0.3, 0.4) is 0 Å². The highest BCUT2D eigenvalue weighted by Crippen LogP contribution is 2.15. The van der Waals surface area contributed by atoms with E-state index in [1.54, 1.807) is 0 Å². The molecule has 1 aromatic heterocycles. The first kappa shape index (κ1) is 9.16. The van der Waals surface area contributed by atoms with Gasteiger partial charge in [0.25, 0.3) is 5.82 Å². The second-order valence-corrected chi connectivity index (χ2v) is 3.95. The van der Waals surface area contributed by atoms with Gasteiger partial charge in [0.2, 0.25) is 0 Å². The fourth-order valence-electron chi connectivity index (χ4n) is 2.02. The van der Waals surface area contributed by atoms with Crippen LogP contribution < -0.4 is 4.57 Å². The molecule has 3 aromatic rings. The Labute approximate surface area is 94.2 Å². The molecule has 2 heteroatoms. The zero-order chi connectivity index (χ0) is 11.0. The lowest BCUT2D eigenvalue weighted by atomic mass is 10.1. The fourth-order valence-corrected chi connectivity index (χ4v) is 2.02. The number of aromatic amines is 1. The summed E-state index contributed by atoms with van der Waals surface area (Å²) in [4.78, 5) is 3.18. The van der Waals surface area contributed by atoms with Crippen molar-refractivity contribution in [2.75, 3.05) is 0 Å². The number of imidazole rings is 1. The minimum atomic E-state index is 1.13. The molecule has 3 rings (SSSR count). The van der Waals surface area contributed by atoms with Crippen LogP contribution in [-0.2, 0) is 0 Å². The molecular formula is C14H13N2+. The van der Waals surface area contributed by atoms with Gasteiger partial charge >= 0.3 is 0 Å². The number of rotatable bonds is 1. The van der Waals surface area contributed by atoms with Gasteiger partial charge in [-0.2, -0.15) is 0 Å². The van der Waals surface area contributed by atoms with E-state index in [9.17, 15) is 0 Å². The normalized spacial score (nSPS) is 10.8. The Balaban J connectivity index is 2.23. The predicted molar refractivity (Wildman–Crippen MR) is 64.6 cm³/mol. The van der Waals surface area contributed by atoms with Crippen molar-refractivity contribution in [2.45, 2.75) is 6.92 Å². The van der Waals surface area contributed by atoms with Crippen LogP contribution in [0, 0.1) is 6.92 Å². The number of fused-ring (bicyclic) bond motifs is 1. The molecule has 0 bridgehead atoms. The van der Waals surface area contributed by atoms with Crippen molar-refractivity contribution >= 4 is 10.8 Å². The number of nitrogens with one attached hydrogen (secondary N) is 1. The van der Waals surface area contributed by atoms with Gasteiger partial charge in [-0.15, -0.1) is 0 Å². The van der Waals surface area contributed by atoms with E-state index in [2.05, 4.69) is 58.9 Å².